The lowest BCUT2D eigenvalue weighted by atomic mass is 10.1. The van der Waals surface area contributed by atoms with Gasteiger partial charge >= 0.3 is 0 Å². The molecule has 0 amide bonds. The molecule has 0 rings (SSSR count). The van der Waals surface area contributed by atoms with Gasteiger partial charge in [-0.15, -0.1) is 0 Å². The monoisotopic (exact) mass is 707 g/mol. The summed E-state index contributed by atoms with van der Waals surface area (Å²) in [6.45, 7) is 33.1. The SMILES string of the molecule is CCCC[N+](CCC)(CCCCCC(=O)SCC[N+](CC)(CC)CC)CCSC(=O)C(C)CC[N+](CC)(CC)CCSC(=O)CC. The maximum atomic E-state index is 13.2. The second-order valence-corrected chi connectivity index (χ2v) is 16.9. The number of carbonyl (C=O) groups is 3. The number of unbranched alkanes of at least 4 members (excludes halogenated alkanes) is 3. The highest BCUT2D eigenvalue weighted by molar-refractivity contribution is 8.14. The van der Waals surface area contributed by atoms with Crippen molar-refractivity contribution in [3.05, 3.63) is 0 Å². The van der Waals surface area contributed by atoms with Gasteiger partial charge in [-0.05, 0) is 66.7 Å². The van der Waals surface area contributed by atoms with Gasteiger partial charge in [-0.1, -0.05) is 69.4 Å². The van der Waals surface area contributed by atoms with Crippen molar-refractivity contribution < 1.29 is 27.8 Å². The third-order valence-corrected chi connectivity index (χ3v) is 13.7. The second kappa shape index (κ2) is 26.8. The van der Waals surface area contributed by atoms with Crippen LogP contribution in [0.4, 0.5) is 0 Å². The van der Waals surface area contributed by atoms with Crippen LogP contribution in [-0.4, -0.2) is 125 Å². The van der Waals surface area contributed by atoms with Crippen LogP contribution in [0.25, 0.3) is 0 Å². The van der Waals surface area contributed by atoms with Gasteiger partial charge in [-0.2, -0.15) is 0 Å². The van der Waals surface area contributed by atoms with Gasteiger partial charge in [0, 0.05) is 25.2 Å². The van der Waals surface area contributed by atoms with Crippen LogP contribution in [0.3, 0.4) is 0 Å². The summed E-state index contributed by atoms with van der Waals surface area (Å²) in [4.78, 5) is 37.6. The van der Waals surface area contributed by atoms with E-state index in [1.807, 2.05) is 6.92 Å². The molecule has 0 aromatic rings. The summed E-state index contributed by atoms with van der Waals surface area (Å²) >= 11 is 4.58. The highest BCUT2D eigenvalue weighted by atomic mass is 32.2. The summed E-state index contributed by atoms with van der Waals surface area (Å²) in [5.41, 5.74) is 0. The van der Waals surface area contributed by atoms with Gasteiger partial charge in [0.05, 0.1) is 95.8 Å². The Labute approximate surface area is 299 Å². The van der Waals surface area contributed by atoms with E-state index in [4.69, 9.17) is 0 Å². The largest absolute Gasteiger partial charge is 0.324 e. The Morgan fingerprint density at radius 3 is 1.57 bits per heavy atom. The van der Waals surface area contributed by atoms with Crippen LogP contribution in [-0.2, 0) is 14.4 Å². The van der Waals surface area contributed by atoms with E-state index < -0.39 is 0 Å². The lowest BCUT2D eigenvalue weighted by Gasteiger charge is -2.39. The van der Waals surface area contributed by atoms with E-state index in [-0.39, 0.29) is 11.0 Å². The summed E-state index contributed by atoms with van der Waals surface area (Å²) in [6, 6.07) is 0. The highest BCUT2D eigenvalue weighted by Crippen LogP contribution is 2.22. The summed E-state index contributed by atoms with van der Waals surface area (Å²) in [7, 11) is 0. The number of hydrogen-bond donors (Lipinski definition) is 0. The van der Waals surface area contributed by atoms with E-state index in [0.29, 0.717) is 23.1 Å². The minimum Gasteiger partial charge on any atom is -0.324 e. The fourth-order valence-corrected chi connectivity index (χ4v) is 9.58. The van der Waals surface area contributed by atoms with Crippen molar-refractivity contribution in [1.82, 2.24) is 0 Å². The molecule has 2 unspecified atom stereocenters. The Morgan fingerprint density at radius 2 is 1.02 bits per heavy atom. The molecule has 0 heterocycles. The molecule has 0 aliphatic carbocycles. The Bertz CT molecular complexity index is 813. The maximum Gasteiger partial charge on any atom is 0.192 e. The molecule has 0 aromatic heterocycles. The van der Waals surface area contributed by atoms with Gasteiger partial charge in [0.1, 0.15) is 0 Å². The lowest BCUT2D eigenvalue weighted by Crippen LogP contribution is -2.51. The van der Waals surface area contributed by atoms with Gasteiger partial charge < -0.3 is 13.4 Å². The van der Waals surface area contributed by atoms with E-state index >= 15 is 0 Å². The molecule has 0 aromatic carbocycles. The smallest absolute Gasteiger partial charge is 0.192 e. The number of carbonyl (C=O) groups excluding carboxylic acids is 3. The number of nitrogens with zero attached hydrogens (tertiary/aromatic N) is 3. The molecule has 0 N–H and O–H groups in total. The quantitative estimate of drug-likeness (QED) is 0.0552. The molecular formula is C37H76N3O3S3+3. The van der Waals surface area contributed by atoms with Crippen molar-refractivity contribution in [2.75, 3.05) is 95.8 Å². The van der Waals surface area contributed by atoms with Crippen molar-refractivity contribution >= 4 is 50.6 Å². The molecule has 0 fully saturated rings. The minimum atomic E-state index is 0.0610. The summed E-state index contributed by atoms with van der Waals surface area (Å²) in [6.07, 6.45) is 9.08. The predicted molar refractivity (Wildman–Crippen MR) is 208 cm³/mol. The molecule has 0 radical (unpaired) electrons. The van der Waals surface area contributed by atoms with Crippen LogP contribution in [0, 0.1) is 5.92 Å². The van der Waals surface area contributed by atoms with Crippen LogP contribution in [0.1, 0.15) is 120 Å². The highest BCUT2D eigenvalue weighted by Gasteiger charge is 2.29. The molecule has 0 saturated carbocycles. The van der Waals surface area contributed by atoms with E-state index in [0.717, 1.165) is 128 Å². The minimum absolute atomic E-state index is 0.0610. The number of quaternary nitrogens is 3. The van der Waals surface area contributed by atoms with Crippen molar-refractivity contribution in [2.45, 2.75) is 120 Å². The van der Waals surface area contributed by atoms with Crippen LogP contribution < -0.4 is 0 Å². The van der Waals surface area contributed by atoms with Crippen LogP contribution >= 0.6 is 35.3 Å². The summed E-state index contributed by atoms with van der Waals surface area (Å²) < 4.78 is 3.21. The number of rotatable bonds is 30. The topological polar surface area (TPSA) is 51.2 Å². The van der Waals surface area contributed by atoms with E-state index in [9.17, 15) is 14.4 Å². The average Bonchev–Trinajstić information content (AvgIpc) is 3.07. The van der Waals surface area contributed by atoms with Crippen LogP contribution in [0.5, 0.6) is 0 Å². The molecular weight excluding hydrogens is 631 g/mol. The van der Waals surface area contributed by atoms with Crippen molar-refractivity contribution in [2.24, 2.45) is 5.92 Å². The summed E-state index contributed by atoms with van der Waals surface area (Å²) in [5, 5.41) is 0.985. The summed E-state index contributed by atoms with van der Waals surface area (Å²) in [5.74, 6) is 2.76. The van der Waals surface area contributed by atoms with Crippen LogP contribution in [0.2, 0.25) is 0 Å². The molecule has 0 saturated heterocycles. The predicted octanol–water partition coefficient (Wildman–Crippen LogP) is 8.52. The molecule has 6 nitrogen and oxygen atoms in total. The first kappa shape index (κ1) is 45.9. The molecule has 0 spiro atoms. The van der Waals surface area contributed by atoms with Gasteiger partial charge in [0.2, 0.25) is 0 Å². The second-order valence-electron chi connectivity index (χ2n) is 13.5. The fraction of sp³-hybridized carbons (Fsp3) is 0.919. The Balaban J connectivity index is 4.84. The first-order valence-electron chi connectivity index (χ1n) is 19.0. The molecule has 0 bridgehead atoms. The Hall–Kier alpha value is -0.0600. The van der Waals surface area contributed by atoms with E-state index in [2.05, 4.69) is 55.4 Å². The maximum absolute atomic E-state index is 13.2. The van der Waals surface area contributed by atoms with Crippen LogP contribution in [0.15, 0.2) is 0 Å². The van der Waals surface area contributed by atoms with Gasteiger partial charge in [0.15, 0.2) is 15.3 Å². The van der Waals surface area contributed by atoms with Gasteiger partial charge in [-0.3, -0.25) is 14.4 Å². The van der Waals surface area contributed by atoms with Crippen molar-refractivity contribution in [3.63, 3.8) is 0 Å². The van der Waals surface area contributed by atoms with Gasteiger partial charge in [0.25, 0.3) is 0 Å². The Kier molecular flexibility index (Phi) is 26.7. The van der Waals surface area contributed by atoms with Crippen molar-refractivity contribution in [1.29, 1.82) is 0 Å². The molecule has 0 aliphatic heterocycles. The van der Waals surface area contributed by atoms with Gasteiger partial charge in [-0.25, -0.2) is 0 Å². The Morgan fingerprint density at radius 1 is 0.500 bits per heavy atom. The zero-order chi connectivity index (χ0) is 34.9. The third-order valence-electron chi connectivity index (χ3n) is 10.7. The fourth-order valence-electron chi connectivity index (χ4n) is 6.59. The third kappa shape index (κ3) is 18.6. The van der Waals surface area contributed by atoms with E-state index in [1.54, 1.807) is 23.5 Å². The average molecular weight is 707 g/mol. The first-order chi connectivity index (χ1) is 22.0. The molecule has 272 valence electrons. The van der Waals surface area contributed by atoms with E-state index in [1.165, 1.54) is 37.7 Å². The standard InChI is InChI=1S/C37H76N3O3S3/c1-10-18-25-40(24-11-2,26-21-19-20-22-36(42)45-31-28-38(13-4,14-5)15-6)30-33-46-37(43)34(9)23-27-39(16-7,17-8)29-32-44-35(41)12-3/h34H,10-33H2,1-9H3/q+3. The number of hydrogen-bond acceptors (Lipinski definition) is 6. The zero-order valence-electron chi connectivity index (χ0n) is 31.8. The van der Waals surface area contributed by atoms with Crippen molar-refractivity contribution in [3.8, 4) is 0 Å². The molecule has 0 aliphatic rings. The zero-order valence-corrected chi connectivity index (χ0v) is 34.3. The number of thioether (sulfide) groups is 3. The molecule has 9 heteroatoms. The molecule has 46 heavy (non-hydrogen) atoms. The normalized spacial score (nSPS) is 14.3. The molecule has 2 atom stereocenters. The first-order valence-corrected chi connectivity index (χ1v) is 22.0. The lowest BCUT2D eigenvalue weighted by molar-refractivity contribution is -0.926.